The molecule has 0 unspecified atom stereocenters. The van der Waals surface area contributed by atoms with Gasteiger partial charge in [-0.2, -0.15) is 0 Å². The fourth-order valence-electron chi connectivity index (χ4n) is 3.13. The normalized spacial score (nSPS) is 17.0. The van der Waals surface area contributed by atoms with E-state index in [2.05, 4.69) is 19.2 Å². The molecule has 5 heteroatoms. The van der Waals surface area contributed by atoms with Crippen LogP contribution in [0.25, 0.3) is 0 Å². The Morgan fingerprint density at radius 3 is 2.54 bits per heavy atom. The van der Waals surface area contributed by atoms with Crippen molar-refractivity contribution in [3.8, 4) is 0 Å². The Balaban J connectivity index is 1.61. The van der Waals surface area contributed by atoms with Crippen LogP contribution in [0.15, 0.2) is 48.5 Å². The van der Waals surface area contributed by atoms with Crippen LogP contribution in [0.4, 0.5) is 10.1 Å². The molecule has 0 bridgehead atoms. The molecule has 0 aromatic heterocycles. The van der Waals surface area contributed by atoms with Crippen molar-refractivity contribution in [2.45, 2.75) is 32.7 Å². The van der Waals surface area contributed by atoms with Crippen LogP contribution in [-0.4, -0.2) is 23.3 Å². The number of nitrogens with zero attached hydrogens (tertiary/aromatic N) is 1. The SMILES string of the molecule is CC(C)c1ccc(NC(=O)[C@@H]2CC(=O)N(Cc3ccccc3F)C2)cc1. The zero-order chi connectivity index (χ0) is 18.7. The van der Waals surface area contributed by atoms with E-state index >= 15 is 0 Å². The van der Waals surface area contributed by atoms with Gasteiger partial charge >= 0.3 is 0 Å². The van der Waals surface area contributed by atoms with Gasteiger partial charge in [0.25, 0.3) is 0 Å². The Morgan fingerprint density at radius 2 is 1.88 bits per heavy atom. The monoisotopic (exact) mass is 354 g/mol. The lowest BCUT2D eigenvalue weighted by Gasteiger charge is -2.17. The highest BCUT2D eigenvalue weighted by Gasteiger charge is 2.34. The minimum atomic E-state index is -0.418. The van der Waals surface area contributed by atoms with Crippen LogP contribution in [0.2, 0.25) is 0 Å². The summed E-state index contributed by atoms with van der Waals surface area (Å²) in [7, 11) is 0. The van der Waals surface area contributed by atoms with Crippen molar-refractivity contribution in [1.82, 2.24) is 4.90 Å². The summed E-state index contributed by atoms with van der Waals surface area (Å²) in [5.41, 5.74) is 2.39. The smallest absolute Gasteiger partial charge is 0.229 e. The van der Waals surface area contributed by atoms with E-state index in [0.717, 1.165) is 5.69 Å². The summed E-state index contributed by atoms with van der Waals surface area (Å²) in [4.78, 5) is 26.2. The van der Waals surface area contributed by atoms with Gasteiger partial charge in [0.2, 0.25) is 11.8 Å². The summed E-state index contributed by atoms with van der Waals surface area (Å²) in [6, 6.07) is 14.1. The van der Waals surface area contributed by atoms with E-state index < -0.39 is 5.92 Å². The molecule has 1 aliphatic rings. The van der Waals surface area contributed by atoms with E-state index in [1.54, 1.807) is 23.1 Å². The van der Waals surface area contributed by atoms with Crippen LogP contribution in [-0.2, 0) is 16.1 Å². The molecule has 2 aromatic carbocycles. The standard InChI is InChI=1S/C21H23FN2O2/c1-14(2)15-7-9-18(10-8-15)23-21(26)17-11-20(25)24(13-17)12-16-5-3-4-6-19(16)22/h3-10,14,17H,11-13H2,1-2H3,(H,23,26)/t17-/m1/s1. The van der Waals surface area contributed by atoms with Crippen molar-refractivity contribution >= 4 is 17.5 Å². The molecule has 26 heavy (non-hydrogen) atoms. The second-order valence-electron chi connectivity index (χ2n) is 7.03. The average Bonchev–Trinajstić information content (AvgIpc) is 2.98. The molecule has 4 nitrogen and oxygen atoms in total. The third-order valence-electron chi connectivity index (χ3n) is 4.75. The van der Waals surface area contributed by atoms with Gasteiger partial charge in [0.15, 0.2) is 0 Å². The van der Waals surface area contributed by atoms with Gasteiger partial charge in [-0.25, -0.2) is 4.39 Å². The minimum Gasteiger partial charge on any atom is -0.337 e. The lowest BCUT2D eigenvalue weighted by atomic mass is 10.0. The first kappa shape index (κ1) is 18.1. The third-order valence-corrected chi connectivity index (χ3v) is 4.75. The Morgan fingerprint density at radius 1 is 1.19 bits per heavy atom. The van der Waals surface area contributed by atoms with Gasteiger partial charge < -0.3 is 10.2 Å². The maximum absolute atomic E-state index is 13.8. The minimum absolute atomic E-state index is 0.122. The van der Waals surface area contributed by atoms with E-state index in [9.17, 15) is 14.0 Å². The number of hydrogen-bond acceptors (Lipinski definition) is 2. The van der Waals surface area contributed by atoms with Gasteiger partial charge in [0.05, 0.1) is 5.92 Å². The van der Waals surface area contributed by atoms with Gasteiger partial charge in [0, 0.05) is 30.8 Å². The van der Waals surface area contributed by atoms with Crippen LogP contribution in [0, 0.1) is 11.7 Å². The molecular weight excluding hydrogens is 331 g/mol. The van der Waals surface area contributed by atoms with E-state index in [0.29, 0.717) is 18.0 Å². The van der Waals surface area contributed by atoms with Crippen molar-refractivity contribution in [3.05, 3.63) is 65.5 Å². The molecule has 136 valence electrons. The van der Waals surface area contributed by atoms with Crippen molar-refractivity contribution in [2.75, 3.05) is 11.9 Å². The zero-order valence-corrected chi connectivity index (χ0v) is 15.0. The molecule has 1 heterocycles. The number of nitrogens with one attached hydrogen (secondary N) is 1. The van der Waals surface area contributed by atoms with Crippen LogP contribution in [0.1, 0.15) is 37.3 Å². The predicted molar refractivity (Wildman–Crippen MR) is 99.1 cm³/mol. The lowest BCUT2D eigenvalue weighted by Crippen LogP contribution is -2.28. The molecule has 0 aliphatic carbocycles. The second kappa shape index (κ2) is 7.68. The summed E-state index contributed by atoms with van der Waals surface area (Å²) < 4.78 is 13.8. The first-order valence-electron chi connectivity index (χ1n) is 8.86. The highest BCUT2D eigenvalue weighted by atomic mass is 19.1. The maximum atomic E-state index is 13.8. The van der Waals surface area contributed by atoms with E-state index in [1.807, 2.05) is 24.3 Å². The first-order chi connectivity index (χ1) is 12.4. The summed E-state index contributed by atoms with van der Waals surface area (Å²) >= 11 is 0. The van der Waals surface area contributed by atoms with E-state index in [-0.39, 0.29) is 30.6 Å². The van der Waals surface area contributed by atoms with E-state index in [1.165, 1.54) is 11.6 Å². The first-order valence-corrected chi connectivity index (χ1v) is 8.86. The summed E-state index contributed by atoms with van der Waals surface area (Å²) in [6.07, 6.45) is 0.157. The molecule has 0 radical (unpaired) electrons. The quantitative estimate of drug-likeness (QED) is 0.884. The largest absolute Gasteiger partial charge is 0.337 e. The van der Waals surface area contributed by atoms with Gasteiger partial charge in [0.1, 0.15) is 5.82 Å². The van der Waals surface area contributed by atoms with Crippen LogP contribution in [0.5, 0.6) is 0 Å². The van der Waals surface area contributed by atoms with Crippen molar-refractivity contribution < 1.29 is 14.0 Å². The molecule has 1 fully saturated rings. The molecule has 1 aliphatic heterocycles. The van der Waals surface area contributed by atoms with Gasteiger partial charge in [-0.1, -0.05) is 44.2 Å². The lowest BCUT2D eigenvalue weighted by molar-refractivity contribution is -0.128. The molecule has 0 spiro atoms. The van der Waals surface area contributed by atoms with Crippen LogP contribution >= 0.6 is 0 Å². The number of halogens is 1. The highest BCUT2D eigenvalue weighted by Crippen LogP contribution is 2.23. The average molecular weight is 354 g/mol. The summed E-state index contributed by atoms with van der Waals surface area (Å²) in [5, 5.41) is 2.87. The van der Waals surface area contributed by atoms with Crippen LogP contribution < -0.4 is 5.32 Å². The summed E-state index contributed by atoms with van der Waals surface area (Å²) in [6.45, 7) is 4.73. The molecule has 1 atom stereocenters. The van der Waals surface area contributed by atoms with E-state index in [4.69, 9.17) is 0 Å². The molecular formula is C21H23FN2O2. The second-order valence-corrected chi connectivity index (χ2v) is 7.03. The number of anilines is 1. The Hall–Kier alpha value is -2.69. The maximum Gasteiger partial charge on any atom is 0.229 e. The highest BCUT2D eigenvalue weighted by molar-refractivity contribution is 5.97. The number of amides is 2. The number of benzene rings is 2. The predicted octanol–water partition coefficient (Wildman–Crippen LogP) is 3.94. The third kappa shape index (κ3) is 4.10. The number of hydrogen-bond donors (Lipinski definition) is 1. The molecule has 3 rings (SSSR count). The van der Waals surface area contributed by atoms with Crippen LogP contribution in [0.3, 0.4) is 0 Å². The molecule has 0 saturated carbocycles. The Kier molecular flexibility index (Phi) is 5.35. The zero-order valence-electron chi connectivity index (χ0n) is 15.0. The number of carbonyl (C=O) groups is 2. The molecule has 2 amide bonds. The van der Waals surface area contributed by atoms with Crippen molar-refractivity contribution in [1.29, 1.82) is 0 Å². The molecule has 1 saturated heterocycles. The van der Waals surface area contributed by atoms with Gasteiger partial charge in [-0.15, -0.1) is 0 Å². The topological polar surface area (TPSA) is 49.4 Å². The molecule has 1 N–H and O–H groups in total. The van der Waals surface area contributed by atoms with Crippen molar-refractivity contribution in [2.24, 2.45) is 5.92 Å². The van der Waals surface area contributed by atoms with Gasteiger partial charge in [-0.3, -0.25) is 9.59 Å². The Bertz CT molecular complexity index is 802. The number of likely N-dealkylation sites (tertiary alicyclic amines) is 1. The fourth-order valence-corrected chi connectivity index (χ4v) is 3.13. The fraction of sp³-hybridized carbons (Fsp3) is 0.333. The number of carbonyl (C=O) groups excluding carboxylic acids is 2. The molecule has 2 aromatic rings. The number of rotatable bonds is 5. The Labute approximate surface area is 153 Å². The van der Waals surface area contributed by atoms with Crippen molar-refractivity contribution in [3.63, 3.8) is 0 Å². The van der Waals surface area contributed by atoms with Gasteiger partial charge in [-0.05, 0) is 29.7 Å². The summed E-state index contributed by atoms with van der Waals surface area (Å²) in [5.74, 6) is -0.619.